The van der Waals surface area contributed by atoms with E-state index in [9.17, 15) is 0 Å². The van der Waals surface area contributed by atoms with E-state index < -0.39 is 0 Å². The molecule has 2 atom stereocenters. The van der Waals surface area contributed by atoms with Crippen LogP contribution in [0.3, 0.4) is 0 Å². The molecule has 0 aliphatic rings. The van der Waals surface area contributed by atoms with Crippen molar-refractivity contribution in [3.05, 3.63) is 33.3 Å². The lowest BCUT2D eigenvalue weighted by Gasteiger charge is -2.20. The van der Waals surface area contributed by atoms with Gasteiger partial charge in [0.15, 0.2) is 0 Å². The molecule has 0 fully saturated rings. The van der Waals surface area contributed by atoms with Gasteiger partial charge >= 0.3 is 0 Å². The Morgan fingerprint density at radius 1 is 1.06 bits per heavy atom. The van der Waals surface area contributed by atoms with E-state index in [4.69, 9.17) is 5.73 Å². The SMILES string of the molecule is Cc1cc(C(N)CC(C)CC(C)C)cc(C)c1Br. The monoisotopic (exact) mass is 311 g/mol. The van der Waals surface area contributed by atoms with Gasteiger partial charge in [-0.3, -0.25) is 0 Å². The van der Waals surface area contributed by atoms with Crippen LogP contribution in [0.15, 0.2) is 16.6 Å². The van der Waals surface area contributed by atoms with Gasteiger partial charge in [0.25, 0.3) is 0 Å². The van der Waals surface area contributed by atoms with Gasteiger partial charge in [-0.05, 0) is 55.2 Å². The molecule has 2 heteroatoms. The highest BCUT2D eigenvalue weighted by Gasteiger charge is 2.14. The summed E-state index contributed by atoms with van der Waals surface area (Å²) in [6.07, 6.45) is 2.32. The molecule has 2 N–H and O–H groups in total. The molecule has 102 valence electrons. The zero-order valence-electron chi connectivity index (χ0n) is 12.3. The van der Waals surface area contributed by atoms with Gasteiger partial charge in [-0.2, -0.15) is 0 Å². The van der Waals surface area contributed by atoms with E-state index in [0.29, 0.717) is 5.92 Å². The van der Waals surface area contributed by atoms with Crippen molar-refractivity contribution in [2.45, 2.75) is 53.5 Å². The maximum absolute atomic E-state index is 6.34. The van der Waals surface area contributed by atoms with Crippen LogP contribution in [0, 0.1) is 25.7 Å². The third-order valence-corrected chi connectivity index (χ3v) is 4.67. The highest BCUT2D eigenvalue weighted by atomic mass is 79.9. The molecule has 0 spiro atoms. The summed E-state index contributed by atoms with van der Waals surface area (Å²) in [4.78, 5) is 0. The first kappa shape index (κ1) is 15.7. The van der Waals surface area contributed by atoms with Crippen molar-refractivity contribution in [3.63, 3.8) is 0 Å². The van der Waals surface area contributed by atoms with E-state index in [0.717, 1.165) is 12.3 Å². The highest BCUT2D eigenvalue weighted by Crippen LogP contribution is 2.28. The Hall–Kier alpha value is -0.340. The van der Waals surface area contributed by atoms with Crippen LogP contribution in [-0.4, -0.2) is 0 Å². The topological polar surface area (TPSA) is 26.0 Å². The molecule has 18 heavy (non-hydrogen) atoms. The van der Waals surface area contributed by atoms with Crippen LogP contribution in [0.5, 0.6) is 0 Å². The van der Waals surface area contributed by atoms with Crippen molar-refractivity contribution in [1.29, 1.82) is 0 Å². The fourth-order valence-electron chi connectivity index (χ4n) is 2.66. The molecule has 2 unspecified atom stereocenters. The molecule has 0 bridgehead atoms. The Labute approximate surface area is 120 Å². The quantitative estimate of drug-likeness (QED) is 0.800. The van der Waals surface area contributed by atoms with E-state index in [1.54, 1.807) is 0 Å². The first-order chi connectivity index (χ1) is 8.31. The molecular formula is C16H26BrN. The molecule has 0 amide bonds. The average molecular weight is 312 g/mol. The Bertz CT molecular complexity index is 375. The smallest absolute Gasteiger partial charge is 0.0297 e. The fraction of sp³-hybridized carbons (Fsp3) is 0.625. The van der Waals surface area contributed by atoms with Gasteiger partial charge in [0.05, 0.1) is 0 Å². The maximum atomic E-state index is 6.34. The standard InChI is InChI=1S/C16H26BrN/c1-10(2)6-11(3)7-15(18)14-8-12(4)16(17)13(5)9-14/h8-11,15H,6-7,18H2,1-5H3. The zero-order valence-corrected chi connectivity index (χ0v) is 13.8. The third-order valence-electron chi connectivity index (χ3n) is 3.42. The Balaban J connectivity index is 2.75. The van der Waals surface area contributed by atoms with Crippen molar-refractivity contribution in [1.82, 2.24) is 0 Å². The van der Waals surface area contributed by atoms with Crippen LogP contribution in [-0.2, 0) is 0 Å². The largest absolute Gasteiger partial charge is 0.324 e. The van der Waals surface area contributed by atoms with Crippen LogP contribution in [0.25, 0.3) is 0 Å². The van der Waals surface area contributed by atoms with Gasteiger partial charge in [-0.1, -0.05) is 48.8 Å². The normalized spacial score (nSPS) is 14.9. The highest BCUT2D eigenvalue weighted by molar-refractivity contribution is 9.10. The third kappa shape index (κ3) is 4.40. The first-order valence-corrected chi connectivity index (χ1v) is 7.62. The summed E-state index contributed by atoms with van der Waals surface area (Å²) in [6, 6.07) is 4.58. The van der Waals surface area contributed by atoms with E-state index in [-0.39, 0.29) is 6.04 Å². The summed E-state index contributed by atoms with van der Waals surface area (Å²) in [7, 11) is 0. The fourth-order valence-corrected chi connectivity index (χ4v) is 2.89. The van der Waals surface area contributed by atoms with Crippen LogP contribution in [0.4, 0.5) is 0 Å². The van der Waals surface area contributed by atoms with E-state index in [2.05, 4.69) is 62.7 Å². The summed E-state index contributed by atoms with van der Waals surface area (Å²) >= 11 is 3.61. The maximum Gasteiger partial charge on any atom is 0.0297 e. The van der Waals surface area contributed by atoms with Crippen LogP contribution < -0.4 is 5.73 Å². The first-order valence-electron chi connectivity index (χ1n) is 6.83. The number of hydrogen-bond acceptors (Lipinski definition) is 1. The molecule has 1 nitrogen and oxygen atoms in total. The molecule has 0 saturated carbocycles. The van der Waals surface area contributed by atoms with Crippen molar-refractivity contribution < 1.29 is 0 Å². The number of hydrogen-bond donors (Lipinski definition) is 1. The second-order valence-corrected chi connectivity index (χ2v) is 6.84. The minimum Gasteiger partial charge on any atom is -0.324 e. The number of nitrogens with two attached hydrogens (primary N) is 1. The van der Waals surface area contributed by atoms with Gasteiger partial charge in [0.1, 0.15) is 0 Å². The molecule has 0 saturated heterocycles. The molecular weight excluding hydrogens is 286 g/mol. The minimum atomic E-state index is 0.157. The Morgan fingerprint density at radius 3 is 2.00 bits per heavy atom. The lowest BCUT2D eigenvalue weighted by molar-refractivity contribution is 0.387. The van der Waals surface area contributed by atoms with Gasteiger partial charge in [0.2, 0.25) is 0 Å². The second-order valence-electron chi connectivity index (χ2n) is 6.05. The second kappa shape index (κ2) is 6.72. The summed E-state index contributed by atoms with van der Waals surface area (Å²) in [5.41, 5.74) is 10.2. The summed E-state index contributed by atoms with van der Waals surface area (Å²) in [5.74, 6) is 1.44. The Kier molecular flexibility index (Phi) is 5.87. The number of aryl methyl sites for hydroxylation is 2. The molecule has 0 aliphatic heterocycles. The Morgan fingerprint density at radius 2 is 1.56 bits per heavy atom. The average Bonchev–Trinajstić information content (AvgIpc) is 2.23. The zero-order chi connectivity index (χ0) is 13.9. The minimum absolute atomic E-state index is 0.157. The lowest BCUT2D eigenvalue weighted by Crippen LogP contribution is -2.15. The molecule has 0 aliphatic carbocycles. The van der Waals surface area contributed by atoms with Crippen molar-refractivity contribution >= 4 is 15.9 Å². The molecule has 0 aromatic heterocycles. The predicted octanol–water partition coefficient (Wildman–Crippen LogP) is 5.14. The van der Waals surface area contributed by atoms with Gasteiger partial charge in [-0.15, -0.1) is 0 Å². The summed E-state index contributed by atoms with van der Waals surface area (Å²) < 4.78 is 1.20. The predicted molar refractivity (Wildman–Crippen MR) is 83.8 cm³/mol. The molecule has 1 rings (SSSR count). The van der Waals surface area contributed by atoms with Crippen LogP contribution >= 0.6 is 15.9 Å². The van der Waals surface area contributed by atoms with E-state index >= 15 is 0 Å². The van der Waals surface area contributed by atoms with E-state index in [1.165, 1.54) is 27.6 Å². The van der Waals surface area contributed by atoms with Crippen molar-refractivity contribution in [2.24, 2.45) is 17.6 Å². The van der Waals surface area contributed by atoms with E-state index in [1.807, 2.05) is 0 Å². The van der Waals surface area contributed by atoms with Crippen molar-refractivity contribution in [2.75, 3.05) is 0 Å². The molecule has 0 heterocycles. The number of rotatable bonds is 5. The van der Waals surface area contributed by atoms with Crippen molar-refractivity contribution in [3.8, 4) is 0 Å². The number of halogens is 1. The molecule has 0 radical (unpaired) electrons. The molecule has 1 aromatic rings. The number of benzene rings is 1. The summed E-state index contributed by atoms with van der Waals surface area (Å²) in [6.45, 7) is 11.1. The van der Waals surface area contributed by atoms with Crippen LogP contribution in [0.2, 0.25) is 0 Å². The van der Waals surface area contributed by atoms with Crippen LogP contribution in [0.1, 0.15) is 56.3 Å². The summed E-state index contributed by atoms with van der Waals surface area (Å²) in [5, 5.41) is 0. The molecule has 1 aromatic carbocycles. The van der Waals surface area contributed by atoms with Gasteiger partial charge in [0, 0.05) is 10.5 Å². The van der Waals surface area contributed by atoms with Gasteiger partial charge in [-0.25, -0.2) is 0 Å². The van der Waals surface area contributed by atoms with Gasteiger partial charge < -0.3 is 5.73 Å². The lowest BCUT2D eigenvalue weighted by atomic mass is 9.89.